The Labute approximate surface area is 81.9 Å². The molecule has 2 heterocycles. The molecule has 0 aromatic rings. The van der Waals surface area contributed by atoms with Crippen LogP contribution in [0.5, 0.6) is 0 Å². The first-order valence-corrected chi connectivity index (χ1v) is 5.75. The maximum Gasteiger partial charge on any atom is 0.0223 e. The molecule has 0 amide bonds. The third-order valence-corrected chi connectivity index (χ3v) is 3.60. The highest BCUT2D eigenvalue weighted by Gasteiger charge is 2.29. The number of hydrogen-bond donors (Lipinski definition) is 0. The van der Waals surface area contributed by atoms with Crippen LogP contribution in [0.2, 0.25) is 0 Å². The number of nitrogens with zero attached hydrogens (tertiary/aromatic N) is 2. The van der Waals surface area contributed by atoms with Gasteiger partial charge in [0.15, 0.2) is 0 Å². The van der Waals surface area contributed by atoms with Crippen LogP contribution in [0.3, 0.4) is 0 Å². The van der Waals surface area contributed by atoms with Crippen LogP contribution < -0.4 is 0 Å². The van der Waals surface area contributed by atoms with E-state index in [0.717, 1.165) is 12.1 Å². The summed E-state index contributed by atoms with van der Waals surface area (Å²) in [4.78, 5) is 5.33. The van der Waals surface area contributed by atoms with Gasteiger partial charge < -0.3 is 0 Å². The quantitative estimate of drug-likeness (QED) is 0.607. The number of piperidine rings is 1. The molecule has 13 heavy (non-hydrogen) atoms. The van der Waals surface area contributed by atoms with Gasteiger partial charge in [-0.15, -0.1) is 0 Å². The highest BCUT2D eigenvalue weighted by atomic mass is 15.3. The van der Waals surface area contributed by atoms with E-state index in [9.17, 15) is 0 Å². The Morgan fingerprint density at radius 2 is 1.92 bits per heavy atom. The topological polar surface area (TPSA) is 6.48 Å². The molecule has 0 N–H and O–H groups in total. The summed E-state index contributed by atoms with van der Waals surface area (Å²) in [6.07, 6.45) is 4.31. The first kappa shape index (κ1) is 9.47. The summed E-state index contributed by atoms with van der Waals surface area (Å²) < 4.78 is 0. The van der Waals surface area contributed by atoms with Crippen molar-refractivity contribution < 1.29 is 0 Å². The van der Waals surface area contributed by atoms with Gasteiger partial charge in [0.2, 0.25) is 0 Å². The SMILES string of the molecule is CC(C)N1CCN2CCCC[C@H]2C1. The maximum atomic E-state index is 2.70. The summed E-state index contributed by atoms with van der Waals surface area (Å²) in [6.45, 7) is 9.91. The zero-order chi connectivity index (χ0) is 9.26. The number of piperazine rings is 1. The fraction of sp³-hybridized carbons (Fsp3) is 1.00. The van der Waals surface area contributed by atoms with Crippen molar-refractivity contribution in [3.8, 4) is 0 Å². The van der Waals surface area contributed by atoms with Gasteiger partial charge in [0.25, 0.3) is 0 Å². The molecule has 0 aromatic carbocycles. The van der Waals surface area contributed by atoms with Crippen LogP contribution in [0, 0.1) is 0 Å². The lowest BCUT2D eigenvalue weighted by molar-refractivity contribution is 0.0348. The Balaban J connectivity index is 1.91. The van der Waals surface area contributed by atoms with Gasteiger partial charge >= 0.3 is 0 Å². The molecule has 0 spiro atoms. The van der Waals surface area contributed by atoms with E-state index >= 15 is 0 Å². The van der Waals surface area contributed by atoms with Crippen molar-refractivity contribution in [3.63, 3.8) is 0 Å². The van der Waals surface area contributed by atoms with Gasteiger partial charge in [-0.05, 0) is 33.2 Å². The minimum Gasteiger partial charge on any atom is -0.298 e. The smallest absolute Gasteiger partial charge is 0.0223 e. The average molecular weight is 182 g/mol. The Kier molecular flexibility index (Phi) is 2.89. The Bertz CT molecular complexity index is 167. The highest BCUT2D eigenvalue weighted by molar-refractivity contribution is 4.85. The number of rotatable bonds is 1. The average Bonchev–Trinajstić information content (AvgIpc) is 2.17. The molecule has 0 unspecified atom stereocenters. The third kappa shape index (κ3) is 2.05. The molecule has 0 aliphatic carbocycles. The molecule has 2 aliphatic rings. The van der Waals surface area contributed by atoms with E-state index in [1.54, 1.807) is 0 Å². The molecule has 2 saturated heterocycles. The molecule has 0 radical (unpaired) electrons. The normalized spacial score (nSPS) is 32.1. The van der Waals surface area contributed by atoms with Gasteiger partial charge in [-0.3, -0.25) is 9.80 Å². The monoisotopic (exact) mass is 182 g/mol. The van der Waals surface area contributed by atoms with E-state index in [1.165, 1.54) is 45.4 Å². The molecule has 76 valence electrons. The van der Waals surface area contributed by atoms with Crippen LogP contribution in [0.4, 0.5) is 0 Å². The summed E-state index contributed by atoms with van der Waals surface area (Å²) in [5.41, 5.74) is 0. The van der Waals surface area contributed by atoms with Crippen molar-refractivity contribution in [2.24, 2.45) is 0 Å². The van der Waals surface area contributed by atoms with Gasteiger partial charge in [0, 0.05) is 31.7 Å². The molecule has 2 fully saturated rings. The molecule has 2 aliphatic heterocycles. The van der Waals surface area contributed by atoms with Crippen LogP contribution in [0.1, 0.15) is 33.1 Å². The first-order valence-electron chi connectivity index (χ1n) is 5.75. The van der Waals surface area contributed by atoms with Gasteiger partial charge in [-0.25, -0.2) is 0 Å². The second-order valence-corrected chi connectivity index (χ2v) is 4.77. The molecule has 0 aromatic heterocycles. The Morgan fingerprint density at radius 3 is 2.69 bits per heavy atom. The number of fused-ring (bicyclic) bond motifs is 1. The standard InChI is InChI=1S/C11H22N2/c1-10(2)13-8-7-12-6-4-3-5-11(12)9-13/h10-11H,3-9H2,1-2H3/t11-/m0/s1. The van der Waals surface area contributed by atoms with Crippen LogP contribution in [0.15, 0.2) is 0 Å². The highest BCUT2D eigenvalue weighted by Crippen LogP contribution is 2.21. The van der Waals surface area contributed by atoms with Crippen molar-refractivity contribution >= 4 is 0 Å². The predicted octanol–water partition coefficient (Wildman–Crippen LogP) is 1.56. The van der Waals surface area contributed by atoms with Crippen molar-refractivity contribution in [2.45, 2.75) is 45.2 Å². The molecule has 0 bridgehead atoms. The molecule has 0 saturated carbocycles. The Morgan fingerprint density at radius 1 is 1.08 bits per heavy atom. The van der Waals surface area contributed by atoms with Crippen LogP contribution >= 0.6 is 0 Å². The van der Waals surface area contributed by atoms with Crippen LogP contribution in [0.25, 0.3) is 0 Å². The Hall–Kier alpha value is -0.0800. The van der Waals surface area contributed by atoms with E-state index in [-0.39, 0.29) is 0 Å². The van der Waals surface area contributed by atoms with Crippen LogP contribution in [-0.2, 0) is 0 Å². The van der Waals surface area contributed by atoms with Gasteiger partial charge in [0.1, 0.15) is 0 Å². The molecule has 1 atom stereocenters. The predicted molar refractivity (Wildman–Crippen MR) is 55.9 cm³/mol. The summed E-state index contributed by atoms with van der Waals surface area (Å²) in [5.74, 6) is 0. The fourth-order valence-corrected chi connectivity index (χ4v) is 2.65. The zero-order valence-corrected chi connectivity index (χ0v) is 9.00. The zero-order valence-electron chi connectivity index (χ0n) is 9.00. The van der Waals surface area contributed by atoms with Crippen molar-refractivity contribution in [1.29, 1.82) is 0 Å². The van der Waals surface area contributed by atoms with E-state index in [1.807, 2.05) is 0 Å². The summed E-state index contributed by atoms with van der Waals surface area (Å²) in [6, 6.07) is 1.62. The molecular formula is C11H22N2. The third-order valence-electron chi connectivity index (χ3n) is 3.60. The number of hydrogen-bond acceptors (Lipinski definition) is 2. The lowest BCUT2D eigenvalue weighted by Crippen LogP contribution is -2.56. The molecule has 2 rings (SSSR count). The van der Waals surface area contributed by atoms with Gasteiger partial charge in [-0.1, -0.05) is 6.42 Å². The lowest BCUT2D eigenvalue weighted by atomic mass is 9.99. The summed E-state index contributed by atoms with van der Waals surface area (Å²) in [5, 5.41) is 0. The minimum absolute atomic E-state index is 0.740. The van der Waals surface area contributed by atoms with Gasteiger partial charge in [-0.2, -0.15) is 0 Å². The molecule has 2 nitrogen and oxygen atoms in total. The molecular weight excluding hydrogens is 160 g/mol. The second kappa shape index (κ2) is 3.97. The van der Waals surface area contributed by atoms with Crippen molar-refractivity contribution in [1.82, 2.24) is 9.80 Å². The molecule has 2 heteroatoms. The van der Waals surface area contributed by atoms with Crippen molar-refractivity contribution in [2.75, 3.05) is 26.2 Å². The lowest BCUT2D eigenvalue weighted by Gasteiger charge is -2.45. The van der Waals surface area contributed by atoms with E-state index in [4.69, 9.17) is 0 Å². The maximum absolute atomic E-state index is 2.70. The summed E-state index contributed by atoms with van der Waals surface area (Å²) >= 11 is 0. The first-order chi connectivity index (χ1) is 6.27. The van der Waals surface area contributed by atoms with Crippen molar-refractivity contribution in [3.05, 3.63) is 0 Å². The van der Waals surface area contributed by atoms with E-state index in [0.29, 0.717) is 0 Å². The summed E-state index contributed by atoms with van der Waals surface area (Å²) in [7, 11) is 0. The minimum atomic E-state index is 0.740. The second-order valence-electron chi connectivity index (χ2n) is 4.77. The van der Waals surface area contributed by atoms with E-state index in [2.05, 4.69) is 23.6 Å². The van der Waals surface area contributed by atoms with Crippen LogP contribution in [-0.4, -0.2) is 48.1 Å². The largest absolute Gasteiger partial charge is 0.298 e. The fourth-order valence-electron chi connectivity index (χ4n) is 2.65. The van der Waals surface area contributed by atoms with Gasteiger partial charge in [0.05, 0.1) is 0 Å². The van der Waals surface area contributed by atoms with E-state index < -0.39 is 0 Å².